The molecule has 0 aromatic carbocycles. The summed E-state index contributed by atoms with van der Waals surface area (Å²) in [6.07, 6.45) is 1.14. The highest BCUT2D eigenvalue weighted by molar-refractivity contribution is 4.95. The van der Waals surface area contributed by atoms with Crippen LogP contribution in [0.25, 0.3) is 0 Å². The number of likely N-dealkylation sites (tertiary alicyclic amines) is 1. The van der Waals surface area contributed by atoms with E-state index in [1.165, 1.54) is 0 Å². The van der Waals surface area contributed by atoms with Crippen LogP contribution >= 0.6 is 0 Å². The molecule has 12 heavy (non-hydrogen) atoms. The van der Waals surface area contributed by atoms with Crippen LogP contribution < -0.4 is 5.73 Å². The summed E-state index contributed by atoms with van der Waals surface area (Å²) < 4.78 is 0. The zero-order valence-corrected chi connectivity index (χ0v) is 7.83. The van der Waals surface area contributed by atoms with Gasteiger partial charge >= 0.3 is 0 Å². The van der Waals surface area contributed by atoms with Gasteiger partial charge in [-0.15, -0.1) is 0 Å². The number of hydrogen-bond acceptors (Lipinski definition) is 3. The number of rotatable bonds is 2. The lowest BCUT2D eigenvalue weighted by Crippen LogP contribution is -2.35. The van der Waals surface area contributed by atoms with Gasteiger partial charge in [0.05, 0.1) is 12.1 Å². The van der Waals surface area contributed by atoms with Gasteiger partial charge in [-0.3, -0.25) is 4.90 Å². The summed E-state index contributed by atoms with van der Waals surface area (Å²) >= 11 is 0. The van der Waals surface area contributed by atoms with Gasteiger partial charge in [-0.2, -0.15) is 5.26 Å². The highest BCUT2D eigenvalue weighted by atomic mass is 15.2. The van der Waals surface area contributed by atoms with Crippen molar-refractivity contribution in [2.45, 2.75) is 32.4 Å². The van der Waals surface area contributed by atoms with E-state index in [1.54, 1.807) is 0 Å². The van der Waals surface area contributed by atoms with Crippen LogP contribution in [0.4, 0.5) is 0 Å². The van der Waals surface area contributed by atoms with Gasteiger partial charge in [-0.05, 0) is 32.7 Å². The summed E-state index contributed by atoms with van der Waals surface area (Å²) in [6.45, 7) is 5.87. The first kappa shape index (κ1) is 9.50. The molecular weight excluding hydrogens is 150 g/mol. The van der Waals surface area contributed by atoms with Gasteiger partial charge in [0.1, 0.15) is 0 Å². The van der Waals surface area contributed by atoms with Gasteiger partial charge in [-0.1, -0.05) is 0 Å². The monoisotopic (exact) mass is 167 g/mol. The van der Waals surface area contributed by atoms with E-state index in [0.29, 0.717) is 12.0 Å². The molecule has 1 aliphatic rings. The first-order valence-electron chi connectivity index (χ1n) is 4.54. The van der Waals surface area contributed by atoms with Crippen LogP contribution in [-0.2, 0) is 0 Å². The summed E-state index contributed by atoms with van der Waals surface area (Å²) in [4.78, 5) is 2.23. The van der Waals surface area contributed by atoms with Crippen molar-refractivity contribution >= 4 is 0 Å². The molecule has 0 bridgehead atoms. The molecule has 0 saturated carbocycles. The first-order valence-corrected chi connectivity index (χ1v) is 4.54. The molecule has 0 aromatic rings. The van der Waals surface area contributed by atoms with Crippen molar-refractivity contribution in [3.05, 3.63) is 0 Å². The Hall–Kier alpha value is -0.590. The van der Waals surface area contributed by atoms with Gasteiger partial charge in [0.25, 0.3) is 0 Å². The van der Waals surface area contributed by atoms with Crippen LogP contribution in [0.1, 0.15) is 20.3 Å². The zero-order chi connectivity index (χ0) is 9.14. The van der Waals surface area contributed by atoms with Gasteiger partial charge in [0.2, 0.25) is 0 Å². The van der Waals surface area contributed by atoms with Crippen LogP contribution in [0.15, 0.2) is 0 Å². The summed E-state index contributed by atoms with van der Waals surface area (Å²) in [6, 6.07) is 2.83. The molecule has 0 amide bonds. The molecule has 1 heterocycles. The minimum absolute atomic E-state index is 0.0385. The Labute approximate surface area is 74.1 Å². The van der Waals surface area contributed by atoms with E-state index in [-0.39, 0.29) is 6.04 Å². The van der Waals surface area contributed by atoms with Gasteiger partial charge in [-0.25, -0.2) is 0 Å². The molecule has 2 N–H and O–H groups in total. The summed E-state index contributed by atoms with van der Waals surface area (Å²) in [5, 5.41) is 8.75. The van der Waals surface area contributed by atoms with Gasteiger partial charge < -0.3 is 5.73 Å². The van der Waals surface area contributed by atoms with Crippen LogP contribution in [0.5, 0.6) is 0 Å². The normalized spacial score (nSPS) is 33.2. The highest BCUT2D eigenvalue weighted by Gasteiger charge is 2.30. The number of nitriles is 1. The van der Waals surface area contributed by atoms with Crippen LogP contribution in [0.2, 0.25) is 0 Å². The Balaban J connectivity index is 2.52. The molecule has 68 valence electrons. The predicted molar refractivity (Wildman–Crippen MR) is 48.4 cm³/mol. The minimum atomic E-state index is 0.0385. The topological polar surface area (TPSA) is 53.0 Å². The number of nitrogens with zero attached hydrogens (tertiary/aromatic N) is 2. The van der Waals surface area contributed by atoms with Crippen molar-refractivity contribution in [1.82, 2.24) is 4.90 Å². The van der Waals surface area contributed by atoms with E-state index in [9.17, 15) is 0 Å². The van der Waals surface area contributed by atoms with Crippen molar-refractivity contribution < 1.29 is 0 Å². The molecule has 0 radical (unpaired) electrons. The lowest BCUT2D eigenvalue weighted by atomic mass is 10.1. The molecular formula is C9H17N3. The Morgan fingerprint density at radius 1 is 1.75 bits per heavy atom. The maximum absolute atomic E-state index is 8.75. The molecule has 0 spiro atoms. The van der Waals surface area contributed by atoms with Crippen molar-refractivity contribution in [2.24, 2.45) is 11.7 Å². The van der Waals surface area contributed by atoms with E-state index >= 15 is 0 Å². The van der Waals surface area contributed by atoms with Gasteiger partial charge in [0, 0.05) is 12.6 Å². The maximum Gasteiger partial charge on any atom is 0.0951 e. The Morgan fingerprint density at radius 2 is 2.42 bits per heavy atom. The highest BCUT2D eigenvalue weighted by Crippen LogP contribution is 2.23. The van der Waals surface area contributed by atoms with E-state index in [4.69, 9.17) is 11.0 Å². The summed E-state index contributed by atoms with van der Waals surface area (Å²) in [5.41, 5.74) is 5.59. The van der Waals surface area contributed by atoms with E-state index in [2.05, 4.69) is 17.9 Å². The molecule has 1 rings (SSSR count). The number of hydrogen-bond donors (Lipinski definition) is 1. The molecule has 3 unspecified atom stereocenters. The molecule has 3 nitrogen and oxygen atoms in total. The fourth-order valence-electron chi connectivity index (χ4n) is 1.96. The Bertz CT molecular complexity index is 185. The summed E-state index contributed by atoms with van der Waals surface area (Å²) in [7, 11) is 0. The first-order chi connectivity index (χ1) is 5.69. The SMILES string of the molecule is CC(C#N)N1CC(CN)CC1C. The smallest absolute Gasteiger partial charge is 0.0951 e. The van der Waals surface area contributed by atoms with Crippen molar-refractivity contribution in [1.29, 1.82) is 5.26 Å². The minimum Gasteiger partial charge on any atom is -0.330 e. The van der Waals surface area contributed by atoms with Crippen LogP contribution in [-0.4, -0.2) is 30.1 Å². The lowest BCUT2D eigenvalue weighted by Gasteiger charge is -2.22. The predicted octanol–water partition coefficient (Wildman–Crippen LogP) is 0.568. The summed E-state index contributed by atoms with van der Waals surface area (Å²) in [5.74, 6) is 0.593. The lowest BCUT2D eigenvalue weighted by molar-refractivity contribution is 0.236. The van der Waals surface area contributed by atoms with E-state index < -0.39 is 0 Å². The molecule has 1 saturated heterocycles. The third kappa shape index (κ3) is 1.77. The van der Waals surface area contributed by atoms with E-state index in [1.807, 2.05) is 6.92 Å². The van der Waals surface area contributed by atoms with Crippen molar-refractivity contribution in [3.8, 4) is 6.07 Å². The second-order valence-electron chi connectivity index (χ2n) is 3.69. The molecule has 3 atom stereocenters. The van der Waals surface area contributed by atoms with Crippen molar-refractivity contribution in [3.63, 3.8) is 0 Å². The Morgan fingerprint density at radius 3 is 2.83 bits per heavy atom. The quantitative estimate of drug-likeness (QED) is 0.654. The second-order valence-corrected chi connectivity index (χ2v) is 3.69. The number of nitrogens with two attached hydrogens (primary N) is 1. The standard InChI is InChI=1S/C9H17N3/c1-7-3-9(5-11)6-12(7)8(2)4-10/h7-9H,3,5-6,11H2,1-2H3. The fourth-order valence-corrected chi connectivity index (χ4v) is 1.96. The molecule has 0 aliphatic carbocycles. The van der Waals surface area contributed by atoms with Gasteiger partial charge in [0.15, 0.2) is 0 Å². The average Bonchev–Trinajstić information content (AvgIpc) is 2.45. The van der Waals surface area contributed by atoms with Crippen LogP contribution in [0, 0.1) is 17.2 Å². The van der Waals surface area contributed by atoms with Crippen molar-refractivity contribution in [2.75, 3.05) is 13.1 Å². The third-order valence-electron chi connectivity index (χ3n) is 2.73. The maximum atomic E-state index is 8.75. The molecule has 1 fully saturated rings. The average molecular weight is 167 g/mol. The second kappa shape index (κ2) is 3.88. The van der Waals surface area contributed by atoms with E-state index in [0.717, 1.165) is 19.5 Å². The molecule has 1 aliphatic heterocycles. The third-order valence-corrected chi connectivity index (χ3v) is 2.73. The zero-order valence-electron chi connectivity index (χ0n) is 7.83. The largest absolute Gasteiger partial charge is 0.330 e. The Kier molecular flexibility index (Phi) is 3.07. The fraction of sp³-hybridized carbons (Fsp3) is 0.889. The van der Waals surface area contributed by atoms with Crippen LogP contribution in [0.3, 0.4) is 0 Å². The molecule has 3 heteroatoms. The molecule has 0 aromatic heterocycles.